The number of fused-ring (bicyclic) bond motifs is 1. The smallest absolute Gasteiger partial charge is 0.466 e. The van der Waals surface area contributed by atoms with E-state index >= 15 is 0 Å². The van der Waals surface area contributed by atoms with E-state index in [4.69, 9.17) is 4.74 Å². The van der Waals surface area contributed by atoms with Crippen molar-refractivity contribution in [3.8, 4) is 5.75 Å². The molecule has 0 amide bonds. The molecule has 2 rings (SSSR count). The maximum Gasteiger partial charge on any atom is 0.534 e. The van der Waals surface area contributed by atoms with Gasteiger partial charge in [-0.25, -0.2) is 4.99 Å². The quantitative estimate of drug-likeness (QED) is 0.590. The van der Waals surface area contributed by atoms with Crippen LogP contribution in [0.3, 0.4) is 0 Å². The van der Waals surface area contributed by atoms with Crippen molar-refractivity contribution >= 4 is 16.0 Å². The van der Waals surface area contributed by atoms with Gasteiger partial charge in [0.25, 0.3) is 0 Å². The lowest BCUT2D eigenvalue weighted by Crippen LogP contribution is -2.36. The molecule has 110 valence electrons. The average molecular weight is 309 g/mol. The van der Waals surface area contributed by atoms with Crippen LogP contribution in [0.2, 0.25) is 0 Å². The van der Waals surface area contributed by atoms with Gasteiger partial charge in [-0.15, -0.1) is 0 Å². The summed E-state index contributed by atoms with van der Waals surface area (Å²) >= 11 is 0. The zero-order chi connectivity index (χ0) is 15.2. The fourth-order valence-electron chi connectivity index (χ4n) is 1.54. The largest absolute Gasteiger partial charge is 0.534 e. The van der Waals surface area contributed by atoms with Crippen LogP contribution in [0.5, 0.6) is 5.75 Å². The fourth-order valence-corrected chi connectivity index (χ4v) is 1.97. The minimum atomic E-state index is -5.78. The molecular formula is C11H10F3NO4S. The lowest BCUT2D eigenvalue weighted by molar-refractivity contribution is -0.0506. The highest BCUT2D eigenvalue weighted by Gasteiger charge is 2.50. The van der Waals surface area contributed by atoms with Crippen LogP contribution >= 0.6 is 0 Å². The molecule has 0 atom stereocenters. The highest BCUT2D eigenvalue weighted by molar-refractivity contribution is 7.88. The summed E-state index contributed by atoms with van der Waals surface area (Å²) < 4.78 is 68.7. The summed E-state index contributed by atoms with van der Waals surface area (Å²) in [6.45, 7) is 2.93. The number of para-hydroxylation sites is 1. The van der Waals surface area contributed by atoms with Crippen LogP contribution in [-0.2, 0) is 14.3 Å². The van der Waals surface area contributed by atoms with Gasteiger partial charge >= 0.3 is 15.6 Å². The Balaban J connectivity index is 2.48. The lowest BCUT2D eigenvalue weighted by atomic mass is 10.1. The molecule has 0 saturated heterocycles. The van der Waals surface area contributed by atoms with Gasteiger partial charge in [-0.2, -0.15) is 21.6 Å². The van der Waals surface area contributed by atoms with E-state index < -0.39 is 27.2 Å². The minimum Gasteiger partial charge on any atom is -0.466 e. The van der Waals surface area contributed by atoms with E-state index in [-0.39, 0.29) is 11.3 Å². The average Bonchev–Trinajstić information content (AvgIpc) is 2.25. The van der Waals surface area contributed by atoms with Crippen LogP contribution in [0.4, 0.5) is 13.2 Å². The molecule has 0 fully saturated rings. The number of aliphatic imine (C=N–C) groups is 1. The number of halogens is 3. The van der Waals surface area contributed by atoms with Crippen molar-refractivity contribution in [2.24, 2.45) is 4.99 Å². The first kappa shape index (κ1) is 14.6. The van der Waals surface area contributed by atoms with E-state index in [9.17, 15) is 21.6 Å². The fraction of sp³-hybridized carbons (Fsp3) is 0.364. The molecule has 1 aromatic rings. The normalized spacial score (nSPS) is 17.8. The Morgan fingerprint density at radius 1 is 1.25 bits per heavy atom. The van der Waals surface area contributed by atoms with Gasteiger partial charge in [-0.1, -0.05) is 12.1 Å². The topological polar surface area (TPSA) is 65.0 Å². The monoisotopic (exact) mass is 309 g/mol. The second-order valence-corrected chi connectivity index (χ2v) is 5.98. The third kappa shape index (κ3) is 2.72. The van der Waals surface area contributed by atoms with Crippen molar-refractivity contribution in [3.63, 3.8) is 0 Å². The van der Waals surface area contributed by atoms with Crippen molar-refractivity contribution in [1.82, 2.24) is 0 Å². The van der Waals surface area contributed by atoms with Crippen molar-refractivity contribution in [2.75, 3.05) is 0 Å². The first-order valence-electron chi connectivity index (χ1n) is 5.41. The van der Waals surface area contributed by atoms with Gasteiger partial charge in [-0.3, -0.25) is 0 Å². The van der Waals surface area contributed by atoms with E-state index in [2.05, 4.69) is 9.18 Å². The van der Waals surface area contributed by atoms with Crippen molar-refractivity contribution in [3.05, 3.63) is 29.8 Å². The molecule has 0 radical (unpaired) electrons. The van der Waals surface area contributed by atoms with E-state index in [1.54, 1.807) is 6.07 Å². The third-order valence-corrected chi connectivity index (χ3v) is 3.26. The van der Waals surface area contributed by atoms with Crippen molar-refractivity contribution < 1.29 is 30.5 Å². The van der Waals surface area contributed by atoms with Gasteiger partial charge in [0.1, 0.15) is 5.75 Å². The Hall–Kier alpha value is -1.77. The second-order valence-electron chi connectivity index (χ2n) is 4.45. The maximum atomic E-state index is 12.4. The number of nitrogens with zero attached hydrogens (tertiary/aromatic N) is 1. The zero-order valence-electron chi connectivity index (χ0n) is 10.4. The summed E-state index contributed by atoms with van der Waals surface area (Å²) in [6.07, 6.45) is 0. The molecule has 1 aliphatic rings. The van der Waals surface area contributed by atoms with Gasteiger partial charge in [0.2, 0.25) is 5.90 Å². The maximum absolute atomic E-state index is 12.4. The first-order chi connectivity index (χ1) is 9.02. The van der Waals surface area contributed by atoms with Crippen LogP contribution in [0.25, 0.3) is 0 Å². The Labute approximate surface area is 113 Å². The standard InChI is InChI=1S/C11H10F3NO4S/c1-10(2)15-9(19-20(16,17)11(12,13)14)7-5-3-4-6-8(7)18-10/h3-6H,1-2H3. The molecule has 0 N–H and O–H groups in total. The summed E-state index contributed by atoms with van der Waals surface area (Å²) in [5, 5.41) is 0. The summed E-state index contributed by atoms with van der Waals surface area (Å²) in [4.78, 5) is 3.75. The molecule has 0 aliphatic carbocycles. The van der Waals surface area contributed by atoms with Crippen LogP contribution in [0, 0.1) is 0 Å². The van der Waals surface area contributed by atoms with Gasteiger partial charge < -0.3 is 8.92 Å². The van der Waals surface area contributed by atoms with Crippen LogP contribution in [-0.4, -0.2) is 25.5 Å². The number of rotatable bonds is 1. The van der Waals surface area contributed by atoms with Crippen LogP contribution < -0.4 is 4.74 Å². The highest BCUT2D eigenvalue weighted by Crippen LogP contribution is 2.33. The molecule has 0 bridgehead atoms. The SMILES string of the molecule is CC1(C)N=C(OS(=O)(=O)C(F)(F)F)c2ccccc2O1. The molecule has 0 spiro atoms. The number of benzene rings is 1. The third-order valence-electron chi connectivity index (χ3n) is 2.32. The highest BCUT2D eigenvalue weighted by atomic mass is 32.2. The number of alkyl halides is 3. The Morgan fingerprint density at radius 3 is 2.45 bits per heavy atom. The molecule has 1 aromatic carbocycles. The molecule has 20 heavy (non-hydrogen) atoms. The minimum absolute atomic E-state index is 0.0413. The van der Waals surface area contributed by atoms with E-state index in [1.807, 2.05) is 0 Å². The summed E-state index contributed by atoms with van der Waals surface area (Å²) in [6, 6.07) is 5.93. The zero-order valence-corrected chi connectivity index (χ0v) is 11.2. The molecule has 0 aromatic heterocycles. The van der Waals surface area contributed by atoms with Gasteiger partial charge in [-0.05, 0) is 26.0 Å². The summed E-state index contributed by atoms with van der Waals surface area (Å²) in [5.74, 6) is -0.450. The van der Waals surface area contributed by atoms with Gasteiger partial charge in [0.05, 0.1) is 5.56 Å². The molecule has 9 heteroatoms. The number of hydrogen-bond acceptors (Lipinski definition) is 5. The lowest BCUT2D eigenvalue weighted by Gasteiger charge is -2.29. The molecule has 1 heterocycles. The van der Waals surface area contributed by atoms with E-state index in [0.29, 0.717) is 0 Å². The van der Waals surface area contributed by atoms with Crippen LogP contribution in [0.1, 0.15) is 19.4 Å². The Bertz CT molecular complexity index is 664. The molecule has 5 nitrogen and oxygen atoms in total. The first-order valence-corrected chi connectivity index (χ1v) is 6.82. The van der Waals surface area contributed by atoms with Crippen LogP contribution in [0.15, 0.2) is 29.3 Å². The van der Waals surface area contributed by atoms with E-state index in [1.165, 1.54) is 32.0 Å². The van der Waals surface area contributed by atoms with Crippen molar-refractivity contribution in [2.45, 2.75) is 25.1 Å². The Kier molecular flexibility index (Phi) is 3.20. The summed E-state index contributed by atoms with van der Waals surface area (Å²) in [5.41, 5.74) is -6.71. The predicted octanol–water partition coefficient (Wildman–Crippen LogP) is 2.43. The molecule has 0 saturated carbocycles. The second kappa shape index (κ2) is 4.37. The van der Waals surface area contributed by atoms with Gasteiger partial charge in [0, 0.05) is 0 Å². The summed E-state index contributed by atoms with van der Waals surface area (Å²) in [7, 11) is -5.78. The van der Waals surface area contributed by atoms with Crippen molar-refractivity contribution in [1.29, 1.82) is 0 Å². The van der Waals surface area contributed by atoms with E-state index in [0.717, 1.165) is 0 Å². The number of ether oxygens (including phenoxy) is 1. The van der Waals surface area contributed by atoms with Gasteiger partial charge in [0.15, 0.2) is 5.72 Å². The Morgan fingerprint density at radius 2 is 1.85 bits per heavy atom. The predicted molar refractivity (Wildman–Crippen MR) is 63.7 cm³/mol. The number of hydrogen-bond donors (Lipinski definition) is 0. The molecule has 0 unspecified atom stereocenters. The molecular weight excluding hydrogens is 299 g/mol. The molecule has 1 aliphatic heterocycles.